The molecule has 1 aromatic carbocycles. The van der Waals surface area contributed by atoms with Crippen LogP contribution in [0.2, 0.25) is 5.02 Å². The fraction of sp³-hybridized carbons (Fsp3) is 0.412. The van der Waals surface area contributed by atoms with Crippen molar-refractivity contribution in [3.05, 3.63) is 34.3 Å². The Bertz CT molecular complexity index is 906. The third-order valence-corrected chi connectivity index (χ3v) is 8.86. The normalized spacial score (nSPS) is 15.3. The number of anilines is 1. The molecule has 1 saturated carbocycles. The minimum absolute atomic E-state index is 0.377. The number of carbonyl (C=O) groups excluding carboxylic acids is 1. The van der Waals surface area contributed by atoms with Gasteiger partial charge in [0.05, 0.1) is 10.3 Å². The van der Waals surface area contributed by atoms with Gasteiger partial charge < -0.3 is 5.32 Å². The molecule has 0 spiro atoms. The van der Waals surface area contributed by atoms with E-state index in [1.165, 1.54) is 11.8 Å². The number of aromatic nitrogens is 1. The summed E-state index contributed by atoms with van der Waals surface area (Å²) in [4.78, 5) is 17.3. The van der Waals surface area contributed by atoms with Crippen LogP contribution < -0.4 is 5.32 Å². The number of sulfone groups is 1. The number of rotatable bonds is 6. The van der Waals surface area contributed by atoms with Crippen molar-refractivity contribution in [3.63, 3.8) is 0 Å². The second-order valence-electron chi connectivity index (χ2n) is 6.26. The highest BCUT2D eigenvalue weighted by atomic mass is 35.5. The Morgan fingerprint density at radius 2 is 2.12 bits per heavy atom. The molecular formula is C17H19ClN2O3S3. The zero-order chi connectivity index (χ0) is 18.7. The number of aryl methyl sites for hydroxylation is 1. The highest BCUT2D eigenvalue weighted by Gasteiger charge is 2.30. The third-order valence-electron chi connectivity index (χ3n) is 4.15. The molecule has 140 valence electrons. The summed E-state index contributed by atoms with van der Waals surface area (Å²) in [5.41, 5.74) is 1.45. The van der Waals surface area contributed by atoms with E-state index in [0.29, 0.717) is 23.6 Å². The molecule has 1 aliphatic rings. The molecule has 0 bridgehead atoms. The summed E-state index contributed by atoms with van der Waals surface area (Å²) < 4.78 is 25.4. The number of carbonyl (C=O) groups is 1. The van der Waals surface area contributed by atoms with Gasteiger partial charge in [-0.25, -0.2) is 13.4 Å². The van der Waals surface area contributed by atoms with Gasteiger partial charge in [0.15, 0.2) is 14.2 Å². The Morgan fingerprint density at radius 3 is 2.73 bits per heavy atom. The Kier molecular flexibility index (Phi) is 6.27. The van der Waals surface area contributed by atoms with Gasteiger partial charge in [0.25, 0.3) is 0 Å². The van der Waals surface area contributed by atoms with E-state index in [2.05, 4.69) is 10.3 Å². The lowest BCUT2D eigenvalue weighted by Gasteiger charge is -2.12. The SMILES string of the molecule is Cc1csc(Sc2ccc(NC(=O)CS(=O)(=O)C3CCCC3)cc2Cl)n1. The molecular weight excluding hydrogens is 412 g/mol. The molecule has 0 atom stereocenters. The Hall–Kier alpha value is -1.09. The van der Waals surface area contributed by atoms with Gasteiger partial charge in [0.1, 0.15) is 5.75 Å². The lowest BCUT2D eigenvalue weighted by Crippen LogP contribution is -2.29. The summed E-state index contributed by atoms with van der Waals surface area (Å²) in [7, 11) is -3.39. The summed E-state index contributed by atoms with van der Waals surface area (Å²) in [6, 6.07) is 5.14. The van der Waals surface area contributed by atoms with Gasteiger partial charge in [-0.15, -0.1) is 11.3 Å². The average Bonchev–Trinajstić information content (AvgIpc) is 3.21. The van der Waals surface area contributed by atoms with E-state index in [0.717, 1.165) is 27.8 Å². The third kappa shape index (κ3) is 5.00. The fourth-order valence-electron chi connectivity index (χ4n) is 2.88. The van der Waals surface area contributed by atoms with Gasteiger partial charge in [0.2, 0.25) is 5.91 Å². The van der Waals surface area contributed by atoms with Crippen LogP contribution in [0.4, 0.5) is 5.69 Å². The van der Waals surface area contributed by atoms with Crippen molar-refractivity contribution in [1.29, 1.82) is 0 Å². The average molecular weight is 431 g/mol. The summed E-state index contributed by atoms with van der Waals surface area (Å²) in [6.07, 6.45) is 3.14. The standard InChI is InChI=1S/C17H19ClN2O3S3/c1-11-9-24-17(19-11)25-15-7-6-12(8-14(15)18)20-16(21)10-26(22,23)13-4-2-3-5-13/h6-9,13H,2-5,10H2,1H3,(H,20,21). The highest BCUT2D eigenvalue weighted by Crippen LogP contribution is 2.36. The molecule has 3 rings (SSSR count). The molecule has 1 N–H and O–H groups in total. The van der Waals surface area contributed by atoms with E-state index >= 15 is 0 Å². The van der Waals surface area contributed by atoms with Crippen LogP contribution in [0.3, 0.4) is 0 Å². The van der Waals surface area contributed by atoms with Crippen LogP contribution in [-0.4, -0.2) is 30.3 Å². The Labute approximate surface area is 166 Å². The quantitative estimate of drug-likeness (QED) is 0.727. The van der Waals surface area contributed by atoms with Crippen LogP contribution in [0.5, 0.6) is 0 Å². The molecule has 0 unspecified atom stereocenters. The van der Waals surface area contributed by atoms with Crippen molar-refractivity contribution < 1.29 is 13.2 Å². The maximum absolute atomic E-state index is 12.3. The molecule has 5 nitrogen and oxygen atoms in total. The highest BCUT2D eigenvalue weighted by molar-refractivity contribution is 8.01. The largest absolute Gasteiger partial charge is 0.325 e. The van der Waals surface area contributed by atoms with Crippen LogP contribution in [0, 0.1) is 6.92 Å². The first kappa shape index (κ1) is 19.7. The van der Waals surface area contributed by atoms with Crippen LogP contribution in [-0.2, 0) is 14.6 Å². The number of benzene rings is 1. The predicted molar refractivity (Wildman–Crippen MR) is 107 cm³/mol. The lowest BCUT2D eigenvalue weighted by molar-refractivity contribution is -0.113. The van der Waals surface area contributed by atoms with Crippen LogP contribution >= 0.6 is 34.7 Å². The van der Waals surface area contributed by atoms with E-state index in [-0.39, 0.29) is 5.25 Å². The molecule has 1 aliphatic carbocycles. The predicted octanol–water partition coefficient (Wildman–Crippen LogP) is 4.55. The number of amides is 1. The van der Waals surface area contributed by atoms with E-state index < -0.39 is 21.5 Å². The number of hydrogen-bond acceptors (Lipinski definition) is 6. The smallest absolute Gasteiger partial charge is 0.239 e. The second-order valence-corrected chi connectivity index (χ2v) is 11.1. The second kappa shape index (κ2) is 8.29. The summed E-state index contributed by atoms with van der Waals surface area (Å²) in [5, 5.41) is 4.71. The zero-order valence-electron chi connectivity index (χ0n) is 14.2. The first-order chi connectivity index (χ1) is 12.3. The molecule has 26 heavy (non-hydrogen) atoms. The molecule has 0 radical (unpaired) electrons. The topological polar surface area (TPSA) is 76.1 Å². The zero-order valence-corrected chi connectivity index (χ0v) is 17.4. The van der Waals surface area contributed by atoms with E-state index in [4.69, 9.17) is 11.6 Å². The van der Waals surface area contributed by atoms with Gasteiger partial charge in [-0.1, -0.05) is 36.2 Å². The monoisotopic (exact) mass is 430 g/mol. The van der Waals surface area contributed by atoms with Crippen LogP contribution in [0.25, 0.3) is 0 Å². The van der Waals surface area contributed by atoms with Crippen molar-refractivity contribution in [2.45, 2.75) is 47.1 Å². The summed E-state index contributed by atoms with van der Waals surface area (Å²) >= 11 is 9.29. The van der Waals surface area contributed by atoms with Gasteiger partial charge in [-0.3, -0.25) is 4.79 Å². The van der Waals surface area contributed by atoms with Gasteiger partial charge in [-0.05, 0) is 38.0 Å². The molecule has 9 heteroatoms. The minimum atomic E-state index is -3.39. The van der Waals surface area contributed by atoms with E-state index in [1.54, 1.807) is 29.5 Å². The van der Waals surface area contributed by atoms with Gasteiger partial charge in [-0.2, -0.15) is 0 Å². The molecule has 1 amide bonds. The van der Waals surface area contributed by atoms with Crippen molar-refractivity contribution in [2.24, 2.45) is 0 Å². The Morgan fingerprint density at radius 1 is 1.38 bits per heavy atom. The first-order valence-electron chi connectivity index (χ1n) is 8.24. The number of thiazole rings is 1. The lowest BCUT2D eigenvalue weighted by atomic mass is 10.3. The van der Waals surface area contributed by atoms with Crippen LogP contribution in [0.1, 0.15) is 31.4 Å². The number of nitrogens with zero attached hydrogens (tertiary/aromatic N) is 1. The Balaban J connectivity index is 1.62. The minimum Gasteiger partial charge on any atom is -0.325 e. The van der Waals surface area contributed by atoms with Gasteiger partial charge >= 0.3 is 0 Å². The maximum atomic E-state index is 12.3. The molecule has 0 saturated heterocycles. The fourth-order valence-corrected chi connectivity index (χ4v) is 6.70. The van der Waals surface area contributed by atoms with Crippen molar-refractivity contribution in [1.82, 2.24) is 4.98 Å². The maximum Gasteiger partial charge on any atom is 0.239 e. The van der Waals surface area contributed by atoms with Crippen molar-refractivity contribution in [2.75, 3.05) is 11.1 Å². The van der Waals surface area contributed by atoms with Gasteiger partial charge in [0, 0.05) is 21.7 Å². The summed E-state index contributed by atoms with van der Waals surface area (Å²) in [5.74, 6) is -1.01. The van der Waals surface area contributed by atoms with Crippen molar-refractivity contribution >= 4 is 56.1 Å². The van der Waals surface area contributed by atoms with E-state index in [1.807, 2.05) is 12.3 Å². The van der Waals surface area contributed by atoms with Crippen molar-refractivity contribution in [3.8, 4) is 0 Å². The molecule has 1 aromatic heterocycles. The number of halogens is 1. The first-order valence-corrected chi connectivity index (χ1v) is 12.0. The molecule has 2 aromatic rings. The van der Waals surface area contributed by atoms with Crippen LogP contribution in [0.15, 0.2) is 32.8 Å². The van der Waals surface area contributed by atoms with E-state index in [9.17, 15) is 13.2 Å². The molecule has 1 fully saturated rings. The molecule has 1 heterocycles. The number of hydrogen-bond donors (Lipinski definition) is 1. The summed E-state index contributed by atoms with van der Waals surface area (Å²) in [6.45, 7) is 1.93. The number of nitrogens with one attached hydrogen (secondary N) is 1. The molecule has 0 aliphatic heterocycles.